The Morgan fingerprint density at radius 2 is 2.15 bits per heavy atom. The highest BCUT2D eigenvalue weighted by Gasteiger charge is 2.34. The van der Waals surface area contributed by atoms with Crippen LogP contribution in [0.1, 0.15) is 12.8 Å². The summed E-state index contributed by atoms with van der Waals surface area (Å²) in [6.45, 7) is -0.141. The minimum absolute atomic E-state index is 0.245. The van der Waals surface area contributed by atoms with Crippen LogP contribution in [-0.4, -0.2) is 41.1 Å². The average Bonchev–Trinajstić information content (AvgIpc) is 2.86. The number of ether oxygens (including phenoxy) is 1. The molecule has 0 unspecified atom stereocenters. The molecule has 1 atom stereocenters. The number of carboxylic acid groups (broad SMARTS) is 1. The Kier molecular flexibility index (Phi) is 4.16. The molecule has 1 aliphatic heterocycles. The third-order valence-electron chi connectivity index (χ3n) is 3.10. The first-order valence-corrected chi connectivity index (χ1v) is 6.09. The molecule has 1 aliphatic rings. The molecule has 7 heteroatoms. The molecule has 1 aromatic carbocycles. The first-order chi connectivity index (χ1) is 9.49. The quantitative estimate of drug-likeness (QED) is 0.908. The van der Waals surface area contributed by atoms with E-state index in [9.17, 15) is 18.4 Å². The molecular formula is C13H13F2NO4. The van der Waals surface area contributed by atoms with Crippen molar-refractivity contribution in [3.63, 3.8) is 0 Å². The number of likely N-dealkylation sites (tertiary alicyclic amines) is 1. The lowest BCUT2D eigenvalue weighted by Crippen LogP contribution is -2.42. The van der Waals surface area contributed by atoms with Gasteiger partial charge in [0.15, 0.2) is 18.2 Å². The lowest BCUT2D eigenvalue weighted by atomic mass is 10.2. The van der Waals surface area contributed by atoms with E-state index in [0.29, 0.717) is 25.5 Å². The van der Waals surface area contributed by atoms with E-state index in [1.165, 1.54) is 4.90 Å². The van der Waals surface area contributed by atoms with Gasteiger partial charge in [0.1, 0.15) is 11.9 Å². The summed E-state index contributed by atoms with van der Waals surface area (Å²) in [6, 6.07) is 1.88. The maximum atomic E-state index is 13.3. The van der Waals surface area contributed by atoms with Gasteiger partial charge in [0.2, 0.25) is 0 Å². The van der Waals surface area contributed by atoms with E-state index in [1.54, 1.807) is 0 Å². The van der Waals surface area contributed by atoms with Crippen molar-refractivity contribution in [1.82, 2.24) is 4.90 Å². The number of rotatable bonds is 4. The summed E-state index contributed by atoms with van der Waals surface area (Å²) >= 11 is 0. The highest BCUT2D eigenvalue weighted by Crippen LogP contribution is 2.20. The largest absolute Gasteiger partial charge is 0.481 e. The summed E-state index contributed by atoms with van der Waals surface area (Å²) in [6.07, 6.45) is 1.000. The summed E-state index contributed by atoms with van der Waals surface area (Å²) in [4.78, 5) is 24.0. The Morgan fingerprint density at radius 1 is 1.40 bits per heavy atom. The van der Waals surface area contributed by atoms with Crippen molar-refractivity contribution in [1.29, 1.82) is 0 Å². The van der Waals surface area contributed by atoms with Gasteiger partial charge in [0.05, 0.1) is 0 Å². The fourth-order valence-corrected chi connectivity index (χ4v) is 2.14. The predicted octanol–water partition coefficient (Wildman–Crippen LogP) is 1.42. The smallest absolute Gasteiger partial charge is 0.326 e. The number of carboxylic acids is 1. The zero-order chi connectivity index (χ0) is 14.7. The lowest BCUT2D eigenvalue weighted by Gasteiger charge is -2.21. The Bertz CT molecular complexity index is 535. The fraction of sp³-hybridized carbons (Fsp3) is 0.385. The van der Waals surface area contributed by atoms with Crippen LogP contribution >= 0.6 is 0 Å². The van der Waals surface area contributed by atoms with Gasteiger partial charge in [-0.2, -0.15) is 0 Å². The molecule has 1 fully saturated rings. The van der Waals surface area contributed by atoms with Gasteiger partial charge in [0.25, 0.3) is 5.91 Å². The molecule has 0 spiro atoms. The van der Waals surface area contributed by atoms with Crippen LogP contribution in [-0.2, 0) is 9.59 Å². The molecule has 1 N–H and O–H groups in total. The van der Waals surface area contributed by atoms with Gasteiger partial charge in [-0.1, -0.05) is 0 Å². The number of carbonyl (C=O) groups excluding carboxylic acids is 1. The van der Waals surface area contributed by atoms with Crippen molar-refractivity contribution >= 4 is 11.9 Å². The van der Waals surface area contributed by atoms with Crippen molar-refractivity contribution in [3.8, 4) is 5.75 Å². The van der Waals surface area contributed by atoms with Crippen molar-refractivity contribution in [2.24, 2.45) is 0 Å². The number of benzene rings is 1. The number of hydrogen-bond acceptors (Lipinski definition) is 3. The molecule has 108 valence electrons. The van der Waals surface area contributed by atoms with Gasteiger partial charge in [-0.15, -0.1) is 0 Å². The summed E-state index contributed by atoms with van der Waals surface area (Å²) in [5.41, 5.74) is 0. The molecule has 0 bridgehead atoms. The van der Waals surface area contributed by atoms with E-state index in [1.807, 2.05) is 0 Å². The molecular weight excluding hydrogens is 272 g/mol. The minimum atomic E-state index is -1.07. The van der Waals surface area contributed by atoms with E-state index >= 15 is 0 Å². The average molecular weight is 285 g/mol. The second kappa shape index (κ2) is 5.85. The van der Waals surface area contributed by atoms with Crippen molar-refractivity contribution in [2.45, 2.75) is 18.9 Å². The minimum Gasteiger partial charge on any atom is -0.481 e. The van der Waals surface area contributed by atoms with Crippen LogP contribution in [0.5, 0.6) is 5.75 Å². The zero-order valence-electron chi connectivity index (χ0n) is 10.5. The maximum absolute atomic E-state index is 13.3. The van der Waals surface area contributed by atoms with Gasteiger partial charge in [-0.25, -0.2) is 13.6 Å². The second-order valence-electron chi connectivity index (χ2n) is 4.45. The van der Waals surface area contributed by atoms with E-state index < -0.39 is 36.2 Å². The zero-order valence-corrected chi connectivity index (χ0v) is 10.5. The van der Waals surface area contributed by atoms with Gasteiger partial charge >= 0.3 is 5.97 Å². The number of carbonyl (C=O) groups is 2. The molecule has 0 aromatic heterocycles. The number of halogens is 2. The lowest BCUT2D eigenvalue weighted by molar-refractivity contribution is -0.149. The molecule has 0 aliphatic carbocycles. The van der Waals surface area contributed by atoms with Crippen LogP contribution in [0.4, 0.5) is 8.78 Å². The Labute approximate surface area is 113 Å². The van der Waals surface area contributed by atoms with E-state index in [4.69, 9.17) is 9.84 Å². The summed E-state index contributed by atoms with van der Waals surface area (Å²) in [5, 5.41) is 8.96. The number of amides is 1. The van der Waals surface area contributed by atoms with Gasteiger partial charge in [-0.05, 0) is 25.0 Å². The molecule has 1 saturated heterocycles. The van der Waals surface area contributed by atoms with Gasteiger partial charge < -0.3 is 14.7 Å². The molecule has 20 heavy (non-hydrogen) atoms. The van der Waals surface area contributed by atoms with E-state index in [2.05, 4.69) is 0 Å². The van der Waals surface area contributed by atoms with Gasteiger partial charge in [0, 0.05) is 12.6 Å². The summed E-state index contributed by atoms with van der Waals surface area (Å²) in [5.74, 6) is -3.49. The molecule has 1 amide bonds. The van der Waals surface area contributed by atoms with Crippen molar-refractivity contribution in [3.05, 3.63) is 29.8 Å². The fourth-order valence-electron chi connectivity index (χ4n) is 2.14. The SMILES string of the molecule is O=C(O)[C@H]1CCCN1C(=O)COc1ccc(F)cc1F. The number of nitrogens with zero attached hydrogens (tertiary/aromatic N) is 1. The van der Waals surface area contributed by atoms with E-state index in [-0.39, 0.29) is 5.75 Å². The third kappa shape index (κ3) is 3.04. The normalized spacial score (nSPS) is 18.1. The topological polar surface area (TPSA) is 66.8 Å². The van der Waals surface area contributed by atoms with Crippen molar-refractivity contribution in [2.75, 3.05) is 13.2 Å². The second-order valence-corrected chi connectivity index (χ2v) is 4.45. The Hall–Kier alpha value is -2.18. The predicted molar refractivity (Wildman–Crippen MR) is 64.2 cm³/mol. The van der Waals surface area contributed by atoms with Crippen LogP contribution in [0.3, 0.4) is 0 Å². The van der Waals surface area contributed by atoms with Crippen molar-refractivity contribution < 1.29 is 28.2 Å². The highest BCUT2D eigenvalue weighted by molar-refractivity contribution is 5.85. The highest BCUT2D eigenvalue weighted by atomic mass is 19.1. The molecule has 1 heterocycles. The molecule has 5 nitrogen and oxygen atoms in total. The standard InChI is InChI=1S/C13H13F2NO4/c14-8-3-4-11(9(15)6-8)20-7-12(17)16-5-1-2-10(16)13(18)19/h3-4,6,10H,1-2,5,7H2,(H,18,19)/t10-/m1/s1. The van der Waals surface area contributed by atoms with Gasteiger partial charge in [-0.3, -0.25) is 4.79 Å². The number of aliphatic carboxylic acids is 1. The Balaban J connectivity index is 1.96. The van der Waals surface area contributed by atoms with E-state index in [0.717, 1.165) is 12.1 Å². The van der Waals surface area contributed by atoms with Crippen LogP contribution in [0.25, 0.3) is 0 Å². The van der Waals surface area contributed by atoms with Crippen LogP contribution < -0.4 is 4.74 Å². The monoisotopic (exact) mass is 285 g/mol. The molecule has 0 radical (unpaired) electrons. The number of hydrogen-bond donors (Lipinski definition) is 1. The molecule has 0 saturated carbocycles. The maximum Gasteiger partial charge on any atom is 0.326 e. The Morgan fingerprint density at radius 3 is 2.80 bits per heavy atom. The summed E-state index contributed by atoms with van der Waals surface area (Å²) in [7, 11) is 0. The third-order valence-corrected chi connectivity index (χ3v) is 3.10. The molecule has 1 aromatic rings. The molecule has 2 rings (SSSR count). The van der Waals surface area contributed by atoms with Crippen LogP contribution in [0.15, 0.2) is 18.2 Å². The van der Waals surface area contributed by atoms with Crippen LogP contribution in [0, 0.1) is 11.6 Å². The first kappa shape index (κ1) is 14.2. The summed E-state index contributed by atoms with van der Waals surface area (Å²) < 4.78 is 31.0. The van der Waals surface area contributed by atoms with Crippen LogP contribution in [0.2, 0.25) is 0 Å². The first-order valence-electron chi connectivity index (χ1n) is 6.09.